The van der Waals surface area contributed by atoms with Crippen molar-refractivity contribution in [2.75, 3.05) is 18.4 Å². The van der Waals surface area contributed by atoms with Gasteiger partial charge in [0.2, 0.25) is 0 Å². The van der Waals surface area contributed by atoms with E-state index in [9.17, 15) is 4.79 Å². The second-order valence-electron chi connectivity index (χ2n) is 5.28. The predicted octanol–water partition coefficient (Wildman–Crippen LogP) is 2.31. The van der Waals surface area contributed by atoms with E-state index in [1.165, 1.54) is 17.3 Å². The number of amides is 1. The van der Waals surface area contributed by atoms with E-state index in [1.807, 2.05) is 0 Å². The fourth-order valence-corrected chi connectivity index (χ4v) is 2.39. The van der Waals surface area contributed by atoms with Crippen LogP contribution in [0.25, 0.3) is 0 Å². The molecule has 25 heavy (non-hydrogen) atoms. The summed E-state index contributed by atoms with van der Waals surface area (Å²) in [6.07, 6.45) is 3.37. The van der Waals surface area contributed by atoms with Crippen LogP contribution in [0.3, 0.4) is 0 Å². The number of aliphatic imine (C=N–C) groups is 1. The van der Waals surface area contributed by atoms with Gasteiger partial charge in [0, 0.05) is 18.4 Å². The van der Waals surface area contributed by atoms with E-state index in [4.69, 9.17) is 5.73 Å². The summed E-state index contributed by atoms with van der Waals surface area (Å²) in [7, 11) is 0. The second-order valence-corrected chi connectivity index (χ2v) is 5.28. The summed E-state index contributed by atoms with van der Waals surface area (Å²) in [5, 5.41) is 12.3. The second kappa shape index (κ2) is 10.7. The highest BCUT2D eigenvalue weighted by Crippen LogP contribution is 2.22. The van der Waals surface area contributed by atoms with Crippen molar-refractivity contribution in [2.24, 2.45) is 10.7 Å². The van der Waals surface area contributed by atoms with Gasteiger partial charge < -0.3 is 16.4 Å². The number of guanidine groups is 1. The Morgan fingerprint density at radius 2 is 1.92 bits per heavy atom. The lowest BCUT2D eigenvalue weighted by Crippen LogP contribution is -2.29. The lowest BCUT2D eigenvalue weighted by Gasteiger charge is -2.14. The van der Waals surface area contributed by atoms with Crippen LogP contribution in [-0.4, -0.2) is 35.2 Å². The average molecular weight is 456 g/mol. The largest absolute Gasteiger partial charge is 0.370 e. The zero-order chi connectivity index (χ0) is 17.4. The van der Waals surface area contributed by atoms with E-state index in [0.717, 1.165) is 18.5 Å². The molecule has 1 aromatic heterocycles. The number of nitrogens with zero attached hydrogens (tertiary/aromatic N) is 2. The van der Waals surface area contributed by atoms with E-state index in [2.05, 4.69) is 57.9 Å². The first-order valence-corrected chi connectivity index (χ1v) is 8.11. The maximum atomic E-state index is 11.7. The Morgan fingerprint density at radius 3 is 2.48 bits per heavy atom. The van der Waals surface area contributed by atoms with Gasteiger partial charge >= 0.3 is 0 Å². The molecule has 0 fully saturated rings. The van der Waals surface area contributed by atoms with Crippen LogP contribution in [0.15, 0.2) is 35.5 Å². The summed E-state index contributed by atoms with van der Waals surface area (Å²) in [5.41, 5.74) is 9.85. The highest BCUT2D eigenvalue weighted by atomic mass is 127. The normalized spacial score (nSPS) is 10.9. The van der Waals surface area contributed by atoms with Crippen molar-refractivity contribution >= 4 is 41.5 Å². The Balaban J connectivity index is 0.00000312. The molecule has 2 rings (SSSR count). The molecule has 2 aromatic rings. The predicted molar refractivity (Wildman–Crippen MR) is 112 cm³/mol. The van der Waals surface area contributed by atoms with Crippen LogP contribution in [0.1, 0.15) is 35.5 Å². The SMILES string of the molecule is CCc1cccc(CC)c1NC(N)=NCCNC(=O)c1ccn[nH]1.I. The molecule has 5 N–H and O–H groups in total. The number of rotatable bonds is 7. The number of halogens is 1. The molecule has 1 heterocycles. The maximum Gasteiger partial charge on any atom is 0.269 e. The molecule has 0 atom stereocenters. The number of anilines is 1. The minimum absolute atomic E-state index is 0. The molecular formula is C17H25IN6O. The fraction of sp³-hybridized carbons (Fsp3) is 0.353. The number of H-pyrrole nitrogens is 1. The standard InChI is InChI=1S/C17H24N6O.HI/c1-3-12-6-5-7-13(4-2)15(12)22-17(18)20-11-10-19-16(24)14-8-9-21-23-14;/h5-9H,3-4,10-11H2,1-2H3,(H,19,24)(H,21,23)(H3,18,20,22);1H. The first-order valence-electron chi connectivity index (χ1n) is 8.11. The van der Waals surface area contributed by atoms with Gasteiger partial charge in [0.05, 0.1) is 6.54 Å². The number of aromatic nitrogens is 2. The Bertz CT molecular complexity index is 677. The molecule has 0 aliphatic carbocycles. The molecule has 1 aromatic carbocycles. The van der Waals surface area contributed by atoms with E-state index in [1.54, 1.807) is 6.07 Å². The molecule has 0 aliphatic heterocycles. The molecule has 0 aliphatic rings. The fourth-order valence-electron chi connectivity index (χ4n) is 2.39. The molecule has 1 amide bonds. The molecule has 0 bridgehead atoms. The third kappa shape index (κ3) is 6.04. The zero-order valence-corrected chi connectivity index (χ0v) is 16.8. The number of hydrogen-bond donors (Lipinski definition) is 4. The highest BCUT2D eigenvalue weighted by Gasteiger charge is 2.07. The van der Waals surface area contributed by atoms with Crippen molar-refractivity contribution < 1.29 is 4.79 Å². The van der Waals surface area contributed by atoms with Gasteiger partial charge in [0.15, 0.2) is 5.96 Å². The molecule has 136 valence electrons. The van der Waals surface area contributed by atoms with Crippen molar-refractivity contribution in [3.63, 3.8) is 0 Å². The lowest BCUT2D eigenvalue weighted by molar-refractivity contribution is 0.0950. The number of aromatic amines is 1. The summed E-state index contributed by atoms with van der Waals surface area (Å²) in [4.78, 5) is 16.0. The van der Waals surface area contributed by atoms with Gasteiger partial charge in [-0.1, -0.05) is 32.0 Å². The van der Waals surface area contributed by atoms with Gasteiger partial charge in [-0.3, -0.25) is 14.9 Å². The molecular weight excluding hydrogens is 431 g/mol. The number of carbonyl (C=O) groups excluding carboxylic acids is 1. The van der Waals surface area contributed by atoms with Crippen LogP contribution in [0.5, 0.6) is 0 Å². The quantitative estimate of drug-likeness (QED) is 0.222. The molecule has 0 radical (unpaired) electrons. The average Bonchev–Trinajstić information content (AvgIpc) is 3.13. The highest BCUT2D eigenvalue weighted by molar-refractivity contribution is 14.0. The lowest BCUT2D eigenvalue weighted by atomic mass is 10.0. The third-order valence-corrected chi connectivity index (χ3v) is 3.68. The summed E-state index contributed by atoms with van der Waals surface area (Å²) in [6, 6.07) is 7.84. The van der Waals surface area contributed by atoms with Crippen LogP contribution in [0.4, 0.5) is 5.69 Å². The summed E-state index contributed by atoms with van der Waals surface area (Å²) >= 11 is 0. The van der Waals surface area contributed by atoms with Crippen LogP contribution >= 0.6 is 24.0 Å². The first-order chi connectivity index (χ1) is 11.7. The summed E-state index contributed by atoms with van der Waals surface area (Å²) < 4.78 is 0. The van der Waals surface area contributed by atoms with Gasteiger partial charge in [-0.2, -0.15) is 5.10 Å². The van der Waals surface area contributed by atoms with E-state index in [-0.39, 0.29) is 29.9 Å². The first kappa shape index (κ1) is 20.9. The van der Waals surface area contributed by atoms with Crippen molar-refractivity contribution in [1.29, 1.82) is 0 Å². The van der Waals surface area contributed by atoms with E-state index >= 15 is 0 Å². The van der Waals surface area contributed by atoms with E-state index < -0.39 is 0 Å². The van der Waals surface area contributed by atoms with Crippen LogP contribution in [-0.2, 0) is 12.8 Å². The summed E-state index contributed by atoms with van der Waals surface area (Å²) in [6.45, 7) is 5.02. The Morgan fingerprint density at radius 1 is 1.24 bits per heavy atom. The van der Waals surface area contributed by atoms with Crippen molar-refractivity contribution in [3.8, 4) is 0 Å². The Labute approximate surface area is 164 Å². The van der Waals surface area contributed by atoms with Crippen LogP contribution < -0.4 is 16.4 Å². The topological polar surface area (TPSA) is 108 Å². The number of benzene rings is 1. The molecule has 0 saturated heterocycles. The van der Waals surface area contributed by atoms with Crippen molar-refractivity contribution in [3.05, 3.63) is 47.3 Å². The number of carbonyl (C=O) groups is 1. The molecule has 0 unspecified atom stereocenters. The van der Waals surface area contributed by atoms with E-state index in [0.29, 0.717) is 24.7 Å². The number of aryl methyl sites for hydroxylation is 2. The van der Waals surface area contributed by atoms with Crippen molar-refractivity contribution in [1.82, 2.24) is 15.5 Å². The van der Waals surface area contributed by atoms with Crippen LogP contribution in [0, 0.1) is 0 Å². The number of nitrogens with two attached hydrogens (primary N) is 1. The smallest absolute Gasteiger partial charge is 0.269 e. The Hall–Kier alpha value is -2.10. The van der Waals surface area contributed by atoms with Gasteiger partial charge in [0.1, 0.15) is 5.69 Å². The van der Waals surface area contributed by atoms with Gasteiger partial charge in [-0.05, 0) is 30.0 Å². The molecule has 0 saturated carbocycles. The zero-order valence-electron chi connectivity index (χ0n) is 14.5. The molecule has 0 spiro atoms. The molecule has 7 nitrogen and oxygen atoms in total. The summed E-state index contributed by atoms with van der Waals surface area (Å²) in [5.74, 6) is 0.139. The van der Waals surface area contributed by atoms with Crippen LogP contribution in [0.2, 0.25) is 0 Å². The number of nitrogens with one attached hydrogen (secondary N) is 3. The van der Waals surface area contributed by atoms with Gasteiger partial charge in [-0.25, -0.2) is 0 Å². The number of hydrogen-bond acceptors (Lipinski definition) is 3. The monoisotopic (exact) mass is 456 g/mol. The van der Waals surface area contributed by atoms with Gasteiger partial charge in [-0.15, -0.1) is 24.0 Å². The van der Waals surface area contributed by atoms with Crippen molar-refractivity contribution in [2.45, 2.75) is 26.7 Å². The minimum atomic E-state index is -0.209. The minimum Gasteiger partial charge on any atom is -0.370 e. The molecule has 8 heteroatoms. The van der Waals surface area contributed by atoms with Gasteiger partial charge in [0.25, 0.3) is 5.91 Å². The maximum absolute atomic E-state index is 11.7. The number of para-hydroxylation sites is 1. The third-order valence-electron chi connectivity index (χ3n) is 3.68. The Kier molecular flexibility index (Phi) is 8.96.